The third-order valence-corrected chi connectivity index (χ3v) is 9.76. The van der Waals surface area contributed by atoms with E-state index in [4.69, 9.17) is 21.1 Å². The van der Waals surface area contributed by atoms with Gasteiger partial charge in [0, 0.05) is 34.5 Å². The Morgan fingerprint density at radius 1 is 1.30 bits per heavy atom. The molecule has 2 aromatic carbocycles. The maximum atomic E-state index is 12.9. The van der Waals surface area contributed by atoms with Gasteiger partial charge in [-0.15, -0.1) is 6.58 Å². The molecule has 0 bridgehead atoms. The molecular weight excluding hydrogens is 502 g/mol. The first kappa shape index (κ1) is 26.5. The van der Waals surface area contributed by atoms with E-state index in [0.29, 0.717) is 35.9 Å². The molecule has 3 aliphatic rings. The van der Waals surface area contributed by atoms with Crippen LogP contribution in [0.1, 0.15) is 61.0 Å². The van der Waals surface area contributed by atoms with Crippen LogP contribution in [0.4, 0.5) is 5.69 Å². The fourth-order valence-electron chi connectivity index (χ4n) is 6.01. The monoisotopic (exact) mass is 539 g/mol. The topological polar surface area (TPSA) is 38.8 Å². The van der Waals surface area contributed by atoms with Crippen molar-refractivity contribution in [3.8, 4) is 5.75 Å². The molecule has 1 fully saturated rings. The Balaban J connectivity index is 1.49. The highest BCUT2D eigenvalue weighted by Crippen LogP contribution is 2.46. The molecule has 0 N–H and O–H groups in total. The second kappa shape index (κ2) is 11.3. The predicted molar refractivity (Wildman–Crippen MR) is 155 cm³/mol. The van der Waals surface area contributed by atoms with Crippen molar-refractivity contribution in [1.29, 1.82) is 0 Å². The number of ether oxygens (including phenoxy) is 2. The van der Waals surface area contributed by atoms with Crippen LogP contribution in [0.15, 0.2) is 49.1 Å². The molecule has 2 aromatic rings. The Kier molecular flexibility index (Phi) is 8.11. The van der Waals surface area contributed by atoms with Crippen LogP contribution in [0, 0.1) is 11.8 Å². The van der Waals surface area contributed by atoms with Gasteiger partial charge in [0.2, 0.25) is 0 Å². The van der Waals surface area contributed by atoms with Crippen LogP contribution in [-0.4, -0.2) is 43.3 Å². The first-order valence-electron chi connectivity index (χ1n) is 13.6. The summed E-state index contributed by atoms with van der Waals surface area (Å²) in [5.41, 5.74) is 4.20. The maximum Gasteiger partial charge on any atom is 0.338 e. The minimum Gasteiger partial charge on any atom is -0.490 e. The largest absolute Gasteiger partial charge is 0.490 e. The number of esters is 1. The van der Waals surface area contributed by atoms with Crippen LogP contribution in [-0.2, 0) is 16.6 Å². The van der Waals surface area contributed by atoms with Crippen molar-refractivity contribution < 1.29 is 14.3 Å². The summed E-state index contributed by atoms with van der Waals surface area (Å²) < 4.78 is 12.1. The summed E-state index contributed by atoms with van der Waals surface area (Å²) in [5.74, 6) is 2.49. The summed E-state index contributed by atoms with van der Waals surface area (Å²) in [5, 5.41) is 1.45. The first-order valence-corrected chi connectivity index (χ1v) is 15.0. The number of fused-ring (bicyclic) bond motifs is 3. The molecule has 6 heteroatoms. The van der Waals surface area contributed by atoms with Crippen molar-refractivity contribution in [2.75, 3.05) is 37.0 Å². The quantitative estimate of drug-likeness (QED) is 0.259. The van der Waals surface area contributed by atoms with Crippen molar-refractivity contribution in [3.05, 3.63) is 70.8 Å². The molecule has 0 amide bonds. The third-order valence-electron chi connectivity index (χ3n) is 8.05. The van der Waals surface area contributed by atoms with Gasteiger partial charge in [0.1, 0.15) is 5.75 Å². The summed E-state index contributed by atoms with van der Waals surface area (Å²) in [6, 6.07) is 12.2. The fraction of sp³-hybridized carbons (Fsp3) is 0.516. The van der Waals surface area contributed by atoms with E-state index in [9.17, 15) is 4.79 Å². The van der Waals surface area contributed by atoms with Crippen LogP contribution in [0.2, 0.25) is 5.02 Å². The number of rotatable bonds is 8. The van der Waals surface area contributed by atoms with Gasteiger partial charge in [-0.3, -0.25) is 0 Å². The summed E-state index contributed by atoms with van der Waals surface area (Å²) in [6.07, 6.45) is 7.75. The molecule has 0 aromatic heterocycles. The summed E-state index contributed by atoms with van der Waals surface area (Å²) in [6.45, 7) is 10.9. The van der Waals surface area contributed by atoms with Crippen molar-refractivity contribution >= 4 is 35.0 Å². The minimum absolute atomic E-state index is 0.108. The number of nitrogens with zero attached hydrogens (tertiary/aromatic N) is 1. The number of halogens is 1. The van der Waals surface area contributed by atoms with Crippen molar-refractivity contribution in [2.24, 2.45) is 11.8 Å². The Bertz CT molecular complexity index is 1150. The lowest BCUT2D eigenvalue weighted by atomic mass is 9.70. The first-order chi connectivity index (χ1) is 17.9. The molecule has 198 valence electrons. The van der Waals surface area contributed by atoms with Gasteiger partial charge in [-0.1, -0.05) is 37.6 Å². The normalized spacial score (nSPS) is 24.5. The maximum absolute atomic E-state index is 12.9. The van der Waals surface area contributed by atoms with Gasteiger partial charge >= 0.3 is 5.97 Å². The second-order valence-electron chi connectivity index (χ2n) is 11.3. The summed E-state index contributed by atoms with van der Waals surface area (Å²) in [7, 11) is 0. The van der Waals surface area contributed by atoms with E-state index in [1.54, 1.807) is 0 Å². The summed E-state index contributed by atoms with van der Waals surface area (Å²) >= 11 is 8.40. The molecule has 0 unspecified atom stereocenters. The minimum atomic E-state index is -0.267. The standard InChI is InChI=1S/C31H38ClNO3S/c1-4-14-37-29-12-8-24(29)17-33-19-31(13-5-6-22-15-25(32)9-10-26(22)31)20-36-28-11-7-23(16-27(28)33)30(34)35-18-21(2)3/h4,7,9-11,15-16,21,24,29H,1,5-6,8,12-14,17-20H2,2-3H3/t24-,29+,31+/m1/s1. The molecule has 0 saturated heterocycles. The van der Waals surface area contributed by atoms with Gasteiger partial charge in [-0.2, -0.15) is 11.8 Å². The molecule has 5 rings (SSSR count). The number of hydrogen-bond acceptors (Lipinski definition) is 5. The SMILES string of the molecule is C=CCS[C@H]1CC[C@@H]1CN1C[C@@]2(CCCc3cc(Cl)ccc32)COc2ccc(C(=O)OCC(C)C)cc21. The van der Waals surface area contributed by atoms with Gasteiger partial charge in [0.25, 0.3) is 0 Å². The number of thioether (sulfide) groups is 1. The Labute approximate surface area is 230 Å². The van der Waals surface area contributed by atoms with E-state index in [1.807, 2.05) is 56.0 Å². The second-order valence-corrected chi connectivity index (χ2v) is 13.0. The van der Waals surface area contributed by atoms with E-state index in [-0.39, 0.29) is 11.4 Å². The fourth-order valence-corrected chi connectivity index (χ4v) is 7.38. The molecule has 0 radical (unpaired) electrons. The van der Waals surface area contributed by atoms with Crippen molar-refractivity contribution in [3.63, 3.8) is 0 Å². The number of benzene rings is 2. The molecule has 1 heterocycles. The molecule has 1 saturated carbocycles. The average molecular weight is 540 g/mol. The molecule has 4 nitrogen and oxygen atoms in total. The molecule has 37 heavy (non-hydrogen) atoms. The number of aryl methyl sites for hydroxylation is 1. The molecule has 2 aliphatic carbocycles. The zero-order chi connectivity index (χ0) is 26.0. The highest BCUT2D eigenvalue weighted by atomic mass is 35.5. The molecule has 3 atom stereocenters. The van der Waals surface area contributed by atoms with Crippen LogP contribution < -0.4 is 9.64 Å². The van der Waals surface area contributed by atoms with E-state index < -0.39 is 0 Å². The number of hydrogen-bond donors (Lipinski definition) is 0. The molecule has 1 aliphatic heterocycles. The average Bonchev–Trinajstić information content (AvgIpc) is 3.02. The van der Waals surface area contributed by atoms with Gasteiger partial charge in [-0.05, 0) is 85.4 Å². The zero-order valence-electron chi connectivity index (χ0n) is 22.0. The van der Waals surface area contributed by atoms with Crippen molar-refractivity contribution in [2.45, 2.75) is 56.6 Å². The Hall–Kier alpha value is -2.11. The zero-order valence-corrected chi connectivity index (χ0v) is 23.6. The van der Waals surface area contributed by atoms with E-state index in [0.717, 1.165) is 54.6 Å². The van der Waals surface area contributed by atoms with E-state index in [1.165, 1.54) is 24.0 Å². The Morgan fingerprint density at radius 3 is 2.92 bits per heavy atom. The van der Waals surface area contributed by atoms with Gasteiger partial charge < -0.3 is 14.4 Å². The smallest absolute Gasteiger partial charge is 0.338 e. The van der Waals surface area contributed by atoms with Crippen LogP contribution in [0.3, 0.4) is 0 Å². The lowest BCUT2D eigenvalue weighted by Gasteiger charge is -2.44. The third kappa shape index (κ3) is 5.68. The molecular formula is C31H38ClNO3S. The Morgan fingerprint density at radius 2 is 2.16 bits per heavy atom. The number of carbonyl (C=O) groups is 1. The van der Waals surface area contributed by atoms with E-state index >= 15 is 0 Å². The lowest BCUT2D eigenvalue weighted by molar-refractivity contribution is 0.0459. The molecule has 1 spiro atoms. The predicted octanol–water partition coefficient (Wildman–Crippen LogP) is 7.32. The van der Waals surface area contributed by atoms with Gasteiger partial charge in [0.05, 0.1) is 24.5 Å². The lowest BCUT2D eigenvalue weighted by Crippen LogP contribution is -2.49. The van der Waals surface area contributed by atoms with Gasteiger partial charge in [0.15, 0.2) is 0 Å². The van der Waals surface area contributed by atoms with Gasteiger partial charge in [-0.25, -0.2) is 4.79 Å². The van der Waals surface area contributed by atoms with Crippen LogP contribution in [0.25, 0.3) is 0 Å². The van der Waals surface area contributed by atoms with E-state index in [2.05, 4.69) is 23.6 Å². The number of carbonyl (C=O) groups excluding carboxylic acids is 1. The highest BCUT2D eigenvalue weighted by Gasteiger charge is 2.43. The van der Waals surface area contributed by atoms with Crippen LogP contribution >= 0.6 is 23.4 Å². The number of anilines is 1. The summed E-state index contributed by atoms with van der Waals surface area (Å²) in [4.78, 5) is 15.4. The van der Waals surface area contributed by atoms with Crippen molar-refractivity contribution in [1.82, 2.24) is 0 Å². The highest BCUT2D eigenvalue weighted by molar-refractivity contribution is 8.00. The van der Waals surface area contributed by atoms with Crippen LogP contribution in [0.5, 0.6) is 5.75 Å².